The maximum absolute atomic E-state index is 11.8. The molecule has 2 aromatic carbocycles. The number of carbonyl (C=O) groups is 2. The highest BCUT2D eigenvalue weighted by molar-refractivity contribution is 6.30. The van der Waals surface area contributed by atoms with E-state index in [1.54, 1.807) is 24.3 Å². The molecular weight excluding hydrogens is 326 g/mol. The molecule has 0 heterocycles. The van der Waals surface area contributed by atoms with Crippen molar-refractivity contribution in [1.82, 2.24) is 5.43 Å². The quantitative estimate of drug-likeness (QED) is 0.622. The predicted molar refractivity (Wildman–Crippen MR) is 96.2 cm³/mol. The van der Waals surface area contributed by atoms with Gasteiger partial charge in [-0.3, -0.25) is 9.59 Å². The number of nitrogens with one attached hydrogen (secondary N) is 2. The summed E-state index contributed by atoms with van der Waals surface area (Å²) in [6.07, 6.45) is 1.67. The van der Waals surface area contributed by atoms with E-state index in [0.29, 0.717) is 10.7 Å². The zero-order chi connectivity index (χ0) is 17.4. The minimum Gasteiger partial charge on any atom is -0.326 e. The van der Waals surface area contributed by atoms with Crippen LogP contribution in [0.1, 0.15) is 24.0 Å². The van der Waals surface area contributed by atoms with Gasteiger partial charge < -0.3 is 5.32 Å². The van der Waals surface area contributed by atoms with Gasteiger partial charge in [-0.2, -0.15) is 5.10 Å². The van der Waals surface area contributed by atoms with Gasteiger partial charge in [-0.05, 0) is 36.8 Å². The lowest BCUT2D eigenvalue weighted by atomic mass is 10.2. The van der Waals surface area contributed by atoms with Crippen molar-refractivity contribution < 1.29 is 9.59 Å². The Morgan fingerprint density at radius 3 is 2.29 bits per heavy atom. The van der Waals surface area contributed by atoms with Crippen LogP contribution in [0, 0.1) is 6.92 Å². The van der Waals surface area contributed by atoms with Crippen molar-refractivity contribution in [3.05, 3.63) is 64.7 Å². The summed E-state index contributed by atoms with van der Waals surface area (Å²) in [6.45, 7) is 1.97. The van der Waals surface area contributed by atoms with Crippen molar-refractivity contribution in [2.75, 3.05) is 5.32 Å². The van der Waals surface area contributed by atoms with Gasteiger partial charge in [-0.25, -0.2) is 5.43 Å². The van der Waals surface area contributed by atoms with Crippen molar-refractivity contribution in [2.24, 2.45) is 5.10 Å². The number of aryl methyl sites for hydroxylation is 1. The van der Waals surface area contributed by atoms with E-state index in [9.17, 15) is 9.59 Å². The lowest BCUT2D eigenvalue weighted by Gasteiger charge is -2.05. The SMILES string of the molecule is Cc1ccc(NC(=O)CCC(=O)N/N=C/c2ccc(Cl)cc2)cc1. The van der Waals surface area contributed by atoms with E-state index in [1.165, 1.54) is 6.21 Å². The Morgan fingerprint density at radius 1 is 1.00 bits per heavy atom. The second-order valence-electron chi connectivity index (χ2n) is 5.26. The van der Waals surface area contributed by atoms with Crippen LogP contribution in [0.25, 0.3) is 0 Å². The standard InChI is InChI=1S/C18H18ClN3O2/c1-13-2-8-16(9-3-13)21-17(23)10-11-18(24)22-20-12-14-4-6-15(19)7-5-14/h2-9,12H,10-11H2,1H3,(H,21,23)(H,22,24)/b20-12+. The molecule has 0 fully saturated rings. The van der Waals surface area contributed by atoms with Crippen molar-refractivity contribution in [3.8, 4) is 0 Å². The smallest absolute Gasteiger partial charge is 0.240 e. The number of nitrogens with zero attached hydrogens (tertiary/aromatic N) is 1. The van der Waals surface area contributed by atoms with Gasteiger partial charge in [-0.1, -0.05) is 41.4 Å². The molecular formula is C18H18ClN3O2. The maximum Gasteiger partial charge on any atom is 0.240 e. The summed E-state index contributed by atoms with van der Waals surface area (Å²) in [7, 11) is 0. The fourth-order valence-corrected chi connectivity index (χ4v) is 2.00. The third-order valence-electron chi connectivity index (χ3n) is 3.19. The van der Waals surface area contributed by atoms with Crippen LogP contribution in [0.3, 0.4) is 0 Å². The summed E-state index contributed by atoms with van der Waals surface area (Å²) in [4.78, 5) is 23.4. The number of hydrogen-bond acceptors (Lipinski definition) is 3. The minimum absolute atomic E-state index is 0.0651. The molecule has 0 aromatic heterocycles. The zero-order valence-corrected chi connectivity index (χ0v) is 14.0. The van der Waals surface area contributed by atoms with E-state index in [2.05, 4.69) is 15.8 Å². The molecule has 0 bridgehead atoms. The Hall–Kier alpha value is -2.66. The van der Waals surface area contributed by atoms with Crippen LogP contribution in [0.5, 0.6) is 0 Å². The van der Waals surface area contributed by atoms with Crippen molar-refractivity contribution in [3.63, 3.8) is 0 Å². The average Bonchev–Trinajstić information content (AvgIpc) is 2.57. The molecule has 2 aromatic rings. The van der Waals surface area contributed by atoms with E-state index < -0.39 is 0 Å². The molecule has 0 aliphatic carbocycles. The summed E-state index contributed by atoms with van der Waals surface area (Å²) in [5.41, 5.74) is 5.04. The number of carbonyl (C=O) groups excluding carboxylic acids is 2. The van der Waals surface area contributed by atoms with Crippen LogP contribution in [0.4, 0.5) is 5.69 Å². The first kappa shape index (κ1) is 17.7. The van der Waals surface area contributed by atoms with Gasteiger partial charge in [0, 0.05) is 23.6 Å². The Labute approximate surface area is 145 Å². The molecule has 0 radical (unpaired) electrons. The van der Waals surface area contributed by atoms with Gasteiger partial charge in [0.15, 0.2) is 0 Å². The molecule has 0 spiro atoms. The highest BCUT2D eigenvalue weighted by Gasteiger charge is 2.06. The Morgan fingerprint density at radius 2 is 1.62 bits per heavy atom. The topological polar surface area (TPSA) is 70.6 Å². The van der Waals surface area contributed by atoms with Gasteiger partial charge in [0.05, 0.1) is 6.21 Å². The van der Waals surface area contributed by atoms with Crippen LogP contribution in [-0.2, 0) is 9.59 Å². The normalized spacial score (nSPS) is 10.6. The number of halogens is 1. The van der Waals surface area contributed by atoms with Crippen molar-refractivity contribution in [2.45, 2.75) is 19.8 Å². The van der Waals surface area contributed by atoms with Gasteiger partial charge in [0.1, 0.15) is 0 Å². The molecule has 0 saturated carbocycles. The molecule has 6 heteroatoms. The Balaban J connectivity index is 1.71. The van der Waals surface area contributed by atoms with Crippen LogP contribution in [0.15, 0.2) is 53.6 Å². The fraction of sp³-hybridized carbons (Fsp3) is 0.167. The fourth-order valence-electron chi connectivity index (χ4n) is 1.87. The van der Waals surface area contributed by atoms with E-state index in [4.69, 9.17) is 11.6 Å². The lowest BCUT2D eigenvalue weighted by Crippen LogP contribution is -2.20. The van der Waals surface area contributed by atoms with Crippen LogP contribution in [0.2, 0.25) is 5.02 Å². The van der Waals surface area contributed by atoms with Crippen LogP contribution in [-0.4, -0.2) is 18.0 Å². The summed E-state index contributed by atoms with van der Waals surface area (Å²) in [6, 6.07) is 14.5. The van der Waals surface area contributed by atoms with Gasteiger partial charge >= 0.3 is 0 Å². The molecule has 2 N–H and O–H groups in total. The van der Waals surface area contributed by atoms with Crippen LogP contribution >= 0.6 is 11.6 Å². The summed E-state index contributed by atoms with van der Waals surface area (Å²) >= 11 is 5.78. The Kier molecular flexibility index (Phi) is 6.51. The molecule has 0 atom stereocenters. The molecule has 0 unspecified atom stereocenters. The van der Waals surface area contributed by atoms with E-state index in [-0.39, 0.29) is 24.7 Å². The first-order valence-electron chi connectivity index (χ1n) is 7.47. The lowest BCUT2D eigenvalue weighted by molar-refractivity contribution is -0.124. The van der Waals surface area contributed by atoms with Crippen molar-refractivity contribution in [1.29, 1.82) is 0 Å². The number of rotatable bonds is 6. The third kappa shape index (κ3) is 6.22. The summed E-state index contributed by atoms with van der Waals surface area (Å²) < 4.78 is 0. The minimum atomic E-state index is -0.320. The number of hydrogen-bond donors (Lipinski definition) is 2. The van der Waals surface area contributed by atoms with E-state index in [1.807, 2.05) is 31.2 Å². The Bertz CT molecular complexity index is 725. The first-order chi connectivity index (χ1) is 11.5. The van der Waals surface area contributed by atoms with Gasteiger partial charge in [-0.15, -0.1) is 0 Å². The number of amides is 2. The third-order valence-corrected chi connectivity index (χ3v) is 3.44. The predicted octanol–water partition coefficient (Wildman–Crippen LogP) is 3.52. The van der Waals surface area contributed by atoms with Crippen molar-refractivity contribution >= 4 is 35.3 Å². The number of anilines is 1. The number of benzene rings is 2. The highest BCUT2D eigenvalue weighted by Crippen LogP contribution is 2.09. The molecule has 0 aliphatic rings. The van der Waals surface area contributed by atoms with Gasteiger partial charge in [0.25, 0.3) is 0 Å². The second-order valence-corrected chi connectivity index (χ2v) is 5.70. The maximum atomic E-state index is 11.8. The number of hydrazone groups is 1. The zero-order valence-electron chi connectivity index (χ0n) is 13.3. The molecule has 0 saturated heterocycles. The molecule has 0 aliphatic heterocycles. The average molecular weight is 344 g/mol. The first-order valence-corrected chi connectivity index (χ1v) is 7.85. The van der Waals surface area contributed by atoms with Gasteiger partial charge in [0.2, 0.25) is 11.8 Å². The summed E-state index contributed by atoms with van der Waals surface area (Å²) in [5.74, 6) is -0.532. The summed E-state index contributed by atoms with van der Waals surface area (Å²) in [5, 5.41) is 7.22. The molecule has 5 nitrogen and oxygen atoms in total. The highest BCUT2D eigenvalue weighted by atomic mass is 35.5. The van der Waals surface area contributed by atoms with Crippen LogP contribution < -0.4 is 10.7 Å². The molecule has 124 valence electrons. The molecule has 2 rings (SSSR count). The molecule has 2 amide bonds. The molecule has 24 heavy (non-hydrogen) atoms. The largest absolute Gasteiger partial charge is 0.326 e. The second kappa shape index (κ2) is 8.84. The van der Waals surface area contributed by atoms with E-state index in [0.717, 1.165) is 11.1 Å². The van der Waals surface area contributed by atoms with E-state index >= 15 is 0 Å². The monoisotopic (exact) mass is 343 g/mol.